The predicted octanol–water partition coefficient (Wildman–Crippen LogP) is 4.14. The molecule has 0 saturated carbocycles. The molecule has 2 aromatic rings. The number of hydrogen-bond acceptors (Lipinski definition) is 3. The number of aryl methyl sites for hydroxylation is 1. The summed E-state index contributed by atoms with van der Waals surface area (Å²) >= 11 is 6.32. The van der Waals surface area contributed by atoms with Gasteiger partial charge in [0.2, 0.25) is 5.91 Å². The van der Waals surface area contributed by atoms with E-state index in [1.807, 2.05) is 54.3 Å². The Hall–Kier alpha value is -2.53. The Morgan fingerprint density at radius 2 is 1.63 bits per heavy atom. The number of carbonyl (C=O) groups is 2. The molecule has 160 valence electrons. The summed E-state index contributed by atoms with van der Waals surface area (Å²) in [5.74, 6) is 0.0896. The summed E-state index contributed by atoms with van der Waals surface area (Å²) < 4.78 is 0. The van der Waals surface area contributed by atoms with E-state index in [1.165, 1.54) is 0 Å². The van der Waals surface area contributed by atoms with Crippen LogP contribution in [0, 0.1) is 12.8 Å². The van der Waals surface area contributed by atoms with Crippen LogP contribution in [0.2, 0.25) is 5.02 Å². The van der Waals surface area contributed by atoms with E-state index in [-0.39, 0.29) is 11.8 Å². The lowest BCUT2D eigenvalue weighted by Crippen LogP contribution is -2.55. The van der Waals surface area contributed by atoms with Gasteiger partial charge in [-0.05, 0) is 43.0 Å². The molecule has 30 heavy (non-hydrogen) atoms. The molecule has 2 amide bonds. The summed E-state index contributed by atoms with van der Waals surface area (Å²) in [7, 11) is 0. The van der Waals surface area contributed by atoms with Crippen LogP contribution >= 0.6 is 11.6 Å². The van der Waals surface area contributed by atoms with Crippen molar-refractivity contribution in [3.8, 4) is 0 Å². The first-order valence-electron chi connectivity index (χ1n) is 10.5. The maximum absolute atomic E-state index is 13.3. The molecule has 2 aromatic carbocycles. The van der Waals surface area contributed by atoms with Gasteiger partial charge in [0.25, 0.3) is 5.91 Å². The van der Waals surface area contributed by atoms with Crippen molar-refractivity contribution < 1.29 is 9.59 Å². The van der Waals surface area contributed by atoms with Crippen LogP contribution in [-0.4, -0.2) is 48.9 Å². The number of piperazine rings is 1. The third kappa shape index (κ3) is 5.33. The molecule has 3 rings (SSSR count). The quantitative estimate of drug-likeness (QED) is 0.753. The molecule has 1 atom stereocenters. The van der Waals surface area contributed by atoms with Gasteiger partial charge in [0, 0.05) is 31.7 Å². The van der Waals surface area contributed by atoms with Crippen molar-refractivity contribution in [1.29, 1.82) is 0 Å². The van der Waals surface area contributed by atoms with E-state index < -0.39 is 6.04 Å². The van der Waals surface area contributed by atoms with Crippen LogP contribution in [0.5, 0.6) is 0 Å². The highest BCUT2D eigenvalue weighted by atomic mass is 35.5. The van der Waals surface area contributed by atoms with E-state index in [0.29, 0.717) is 31.0 Å². The average Bonchev–Trinajstić information content (AvgIpc) is 2.73. The number of halogens is 1. The predicted molar refractivity (Wildman–Crippen MR) is 122 cm³/mol. The number of nitrogens with one attached hydrogen (secondary N) is 1. The lowest BCUT2D eigenvalue weighted by molar-refractivity contribution is -0.134. The van der Waals surface area contributed by atoms with Crippen molar-refractivity contribution >= 4 is 29.1 Å². The fourth-order valence-electron chi connectivity index (χ4n) is 3.85. The summed E-state index contributed by atoms with van der Waals surface area (Å²) in [5.41, 5.74) is 2.51. The van der Waals surface area contributed by atoms with Gasteiger partial charge in [-0.25, -0.2) is 0 Å². The summed E-state index contributed by atoms with van der Waals surface area (Å²) in [6.45, 7) is 8.69. The normalized spacial score (nSPS) is 15.2. The molecule has 1 heterocycles. The Morgan fingerprint density at radius 1 is 1.00 bits per heavy atom. The van der Waals surface area contributed by atoms with E-state index >= 15 is 0 Å². The van der Waals surface area contributed by atoms with Crippen molar-refractivity contribution in [3.05, 3.63) is 64.7 Å². The Kier molecular flexibility index (Phi) is 7.38. The molecule has 1 aliphatic heterocycles. The minimum atomic E-state index is -0.524. The van der Waals surface area contributed by atoms with E-state index in [1.54, 1.807) is 6.07 Å². The van der Waals surface area contributed by atoms with Crippen LogP contribution in [0.1, 0.15) is 36.2 Å². The SMILES string of the molecule is Cc1ccccc1C(=O)NC(CC(C)C)C(=O)N1CCN(c2ccccc2Cl)CC1. The highest BCUT2D eigenvalue weighted by Gasteiger charge is 2.30. The second-order valence-corrected chi connectivity index (χ2v) is 8.64. The van der Waals surface area contributed by atoms with Crippen molar-refractivity contribution in [2.75, 3.05) is 31.1 Å². The fourth-order valence-corrected chi connectivity index (χ4v) is 4.11. The van der Waals surface area contributed by atoms with Gasteiger partial charge in [-0.2, -0.15) is 0 Å². The molecule has 1 fully saturated rings. The molecule has 1 unspecified atom stereocenters. The standard InChI is InChI=1S/C24H30ClN3O2/c1-17(2)16-21(26-23(29)19-9-5-4-8-18(19)3)24(30)28-14-12-27(13-15-28)22-11-7-6-10-20(22)25/h4-11,17,21H,12-16H2,1-3H3,(H,26,29). The van der Waals surface area contributed by atoms with Gasteiger partial charge < -0.3 is 15.1 Å². The Morgan fingerprint density at radius 3 is 2.27 bits per heavy atom. The van der Waals surface area contributed by atoms with Crippen LogP contribution in [-0.2, 0) is 4.79 Å². The van der Waals surface area contributed by atoms with Crippen molar-refractivity contribution in [2.24, 2.45) is 5.92 Å². The van der Waals surface area contributed by atoms with Crippen LogP contribution < -0.4 is 10.2 Å². The topological polar surface area (TPSA) is 52.7 Å². The molecule has 5 nitrogen and oxygen atoms in total. The number of rotatable bonds is 6. The molecule has 0 bridgehead atoms. The Labute approximate surface area is 184 Å². The van der Waals surface area contributed by atoms with E-state index in [0.717, 1.165) is 29.4 Å². The van der Waals surface area contributed by atoms with Crippen LogP contribution in [0.3, 0.4) is 0 Å². The summed E-state index contributed by atoms with van der Waals surface area (Å²) in [6, 6.07) is 14.7. The first-order valence-corrected chi connectivity index (χ1v) is 10.9. The van der Waals surface area contributed by atoms with Crippen molar-refractivity contribution in [1.82, 2.24) is 10.2 Å². The third-order valence-corrected chi connectivity index (χ3v) is 5.80. The van der Waals surface area contributed by atoms with Crippen LogP contribution in [0.15, 0.2) is 48.5 Å². The molecule has 0 aliphatic carbocycles. The van der Waals surface area contributed by atoms with E-state index in [9.17, 15) is 9.59 Å². The maximum Gasteiger partial charge on any atom is 0.252 e. The highest BCUT2D eigenvalue weighted by molar-refractivity contribution is 6.33. The molecule has 0 radical (unpaired) electrons. The second-order valence-electron chi connectivity index (χ2n) is 8.23. The first-order chi connectivity index (χ1) is 14.4. The van der Waals surface area contributed by atoms with E-state index in [4.69, 9.17) is 11.6 Å². The minimum Gasteiger partial charge on any atom is -0.367 e. The van der Waals surface area contributed by atoms with Gasteiger partial charge in [-0.1, -0.05) is 55.8 Å². The number of carbonyl (C=O) groups excluding carboxylic acids is 2. The summed E-state index contributed by atoms with van der Waals surface area (Å²) in [6.07, 6.45) is 0.612. The van der Waals surface area contributed by atoms with Gasteiger partial charge in [-0.15, -0.1) is 0 Å². The summed E-state index contributed by atoms with van der Waals surface area (Å²) in [4.78, 5) is 30.1. The minimum absolute atomic E-state index is 0.00978. The highest BCUT2D eigenvalue weighted by Crippen LogP contribution is 2.26. The zero-order valence-corrected chi connectivity index (χ0v) is 18.7. The monoisotopic (exact) mass is 427 g/mol. The van der Waals surface area contributed by atoms with Gasteiger partial charge in [0.1, 0.15) is 6.04 Å². The fraction of sp³-hybridized carbons (Fsp3) is 0.417. The van der Waals surface area contributed by atoms with Gasteiger partial charge in [0.05, 0.1) is 10.7 Å². The number of amides is 2. The molecule has 0 spiro atoms. The molecule has 1 N–H and O–H groups in total. The van der Waals surface area contributed by atoms with Gasteiger partial charge in [0.15, 0.2) is 0 Å². The zero-order chi connectivity index (χ0) is 21.7. The van der Waals surface area contributed by atoms with Crippen molar-refractivity contribution in [2.45, 2.75) is 33.2 Å². The number of anilines is 1. The Balaban J connectivity index is 1.66. The second kappa shape index (κ2) is 9.98. The lowest BCUT2D eigenvalue weighted by Gasteiger charge is -2.38. The Bertz CT molecular complexity index is 892. The van der Waals surface area contributed by atoms with Crippen molar-refractivity contribution in [3.63, 3.8) is 0 Å². The smallest absolute Gasteiger partial charge is 0.252 e. The first kappa shape index (κ1) is 22.2. The molecule has 0 aromatic heterocycles. The van der Waals surface area contributed by atoms with Gasteiger partial charge in [-0.3, -0.25) is 9.59 Å². The van der Waals surface area contributed by atoms with E-state index in [2.05, 4.69) is 24.1 Å². The average molecular weight is 428 g/mol. The number of nitrogens with zero attached hydrogens (tertiary/aromatic N) is 2. The number of hydrogen-bond donors (Lipinski definition) is 1. The largest absolute Gasteiger partial charge is 0.367 e. The zero-order valence-electron chi connectivity index (χ0n) is 17.9. The van der Waals surface area contributed by atoms with Gasteiger partial charge >= 0.3 is 0 Å². The lowest BCUT2D eigenvalue weighted by atomic mass is 10.0. The number of benzene rings is 2. The third-order valence-electron chi connectivity index (χ3n) is 5.48. The molecule has 1 saturated heterocycles. The van der Waals surface area contributed by atoms with Crippen LogP contribution in [0.25, 0.3) is 0 Å². The molecule has 1 aliphatic rings. The maximum atomic E-state index is 13.3. The molecular formula is C24H30ClN3O2. The molecular weight excluding hydrogens is 398 g/mol. The summed E-state index contributed by atoms with van der Waals surface area (Å²) in [5, 5.41) is 3.71. The van der Waals surface area contributed by atoms with Crippen LogP contribution in [0.4, 0.5) is 5.69 Å². The molecule has 6 heteroatoms. The number of para-hydroxylation sites is 1.